The number of imidazole rings is 1. The highest BCUT2D eigenvalue weighted by Crippen LogP contribution is 2.59. The molecule has 3 aromatic heterocycles. The molecular formula is C21H18ClN7O2. The highest BCUT2D eigenvalue weighted by atomic mass is 35.5. The molecule has 0 saturated heterocycles. The molecule has 1 fully saturated rings. The van der Waals surface area contributed by atoms with E-state index >= 15 is 0 Å². The summed E-state index contributed by atoms with van der Waals surface area (Å²) in [5, 5.41) is 4.90. The molecule has 0 N–H and O–H groups in total. The minimum Gasteiger partial charge on any atom is -0.345 e. The number of nitrogens with zero attached hydrogens (tertiary/aromatic N) is 7. The Kier molecular flexibility index (Phi) is 3.85. The van der Waals surface area contributed by atoms with Gasteiger partial charge in [-0.25, -0.2) is 9.97 Å². The van der Waals surface area contributed by atoms with Gasteiger partial charge in [-0.2, -0.15) is 4.98 Å². The molecule has 0 amide bonds. The molecule has 0 bridgehead atoms. The summed E-state index contributed by atoms with van der Waals surface area (Å²) in [7, 11) is 1.76. The van der Waals surface area contributed by atoms with Crippen molar-refractivity contribution >= 4 is 28.5 Å². The molecule has 0 spiro atoms. The minimum atomic E-state index is -0.193. The van der Waals surface area contributed by atoms with Crippen LogP contribution in [-0.2, 0) is 13.6 Å². The first kappa shape index (κ1) is 18.3. The average Bonchev–Trinajstić information content (AvgIpc) is 3.04. The minimum absolute atomic E-state index is 0.150. The van der Waals surface area contributed by atoms with Crippen LogP contribution in [0, 0.1) is 5.92 Å². The number of hydrogen-bond donors (Lipinski definition) is 0. The van der Waals surface area contributed by atoms with Crippen molar-refractivity contribution in [2.24, 2.45) is 13.0 Å². The fourth-order valence-corrected chi connectivity index (χ4v) is 4.71. The van der Waals surface area contributed by atoms with Crippen LogP contribution in [-0.4, -0.2) is 35.3 Å². The van der Waals surface area contributed by atoms with Gasteiger partial charge in [0.2, 0.25) is 5.89 Å². The van der Waals surface area contributed by atoms with Gasteiger partial charge in [0, 0.05) is 35.9 Å². The van der Waals surface area contributed by atoms with Crippen LogP contribution in [0.2, 0.25) is 5.02 Å². The Hall–Kier alpha value is -3.46. The van der Waals surface area contributed by atoms with Gasteiger partial charge in [0.1, 0.15) is 12.9 Å². The third kappa shape index (κ3) is 2.80. The first-order valence-corrected chi connectivity index (χ1v) is 10.3. The van der Waals surface area contributed by atoms with Gasteiger partial charge in [0.05, 0.1) is 12.2 Å². The molecule has 4 aromatic rings. The highest BCUT2D eigenvalue weighted by Gasteiger charge is 2.56. The Bertz CT molecular complexity index is 1420. The smallest absolute Gasteiger partial charge is 0.280 e. The van der Waals surface area contributed by atoms with E-state index in [2.05, 4.69) is 44.2 Å². The Labute approximate surface area is 181 Å². The number of aromatic nitrogens is 6. The summed E-state index contributed by atoms with van der Waals surface area (Å²) in [6.45, 7) is 2.35. The lowest BCUT2D eigenvalue weighted by Crippen LogP contribution is -2.27. The Balaban J connectivity index is 1.24. The van der Waals surface area contributed by atoms with Crippen molar-refractivity contribution in [2.45, 2.75) is 25.4 Å². The van der Waals surface area contributed by atoms with E-state index in [1.165, 1.54) is 16.5 Å². The standard InChI is InChI=1S/C21H18ClN7O2/c1-11-16-14(7-29(11)13-5-3-4-12(22)6-13)17(16)19-25-15(31-26-19)8-28-10-24-20-18(21(28)30)27(2)9-23-20/h3-7,9-11,16-17H,8H2,1-2H3/t11-,16+,17+/m0/s1. The van der Waals surface area contributed by atoms with Crippen LogP contribution in [0.4, 0.5) is 5.69 Å². The number of hydrogen-bond acceptors (Lipinski definition) is 7. The molecule has 4 heterocycles. The fourth-order valence-electron chi connectivity index (χ4n) is 4.52. The van der Waals surface area contributed by atoms with E-state index in [1.54, 1.807) is 17.9 Å². The largest absolute Gasteiger partial charge is 0.345 e. The van der Waals surface area contributed by atoms with Gasteiger partial charge in [-0.1, -0.05) is 22.8 Å². The number of benzene rings is 1. The molecule has 1 saturated carbocycles. The van der Waals surface area contributed by atoms with E-state index in [-0.39, 0.29) is 24.1 Å². The van der Waals surface area contributed by atoms with E-state index in [0.29, 0.717) is 28.8 Å². The van der Waals surface area contributed by atoms with Crippen LogP contribution in [0.1, 0.15) is 24.6 Å². The van der Waals surface area contributed by atoms with E-state index in [9.17, 15) is 4.79 Å². The number of anilines is 1. The number of aryl methyl sites for hydroxylation is 1. The lowest BCUT2D eigenvalue weighted by molar-refractivity contribution is 0.364. The number of halogens is 1. The maximum Gasteiger partial charge on any atom is 0.280 e. The van der Waals surface area contributed by atoms with E-state index in [0.717, 1.165) is 10.7 Å². The van der Waals surface area contributed by atoms with E-state index in [1.807, 2.05) is 18.2 Å². The van der Waals surface area contributed by atoms with Gasteiger partial charge in [0.15, 0.2) is 17.0 Å². The summed E-state index contributed by atoms with van der Waals surface area (Å²) >= 11 is 6.14. The normalized spacial score (nSPS) is 22.1. The predicted octanol–water partition coefficient (Wildman–Crippen LogP) is 2.72. The Morgan fingerprint density at radius 3 is 2.84 bits per heavy atom. The van der Waals surface area contributed by atoms with Gasteiger partial charge in [0.25, 0.3) is 5.56 Å². The van der Waals surface area contributed by atoms with Crippen LogP contribution in [0.5, 0.6) is 0 Å². The topological polar surface area (TPSA) is 94.9 Å². The fraction of sp³-hybridized carbons (Fsp3) is 0.286. The van der Waals surface area contributed by atoms with Crippen LogP contribution in [0.25, 0.3) is 11.2 Å². The predicted molar refractivity (Wildman–Crippen MR) is 114 cm³/mol. The van der Waals surface area contributed by atoms with Gasteiger partial charge in [-0.05, 0) is 30.7 Å². The van der Waals surface area contributed by atoms with Crippen molar-refractivity contribution in [3.63, 3.8) is 0 Å². The summed E-state index contributed by atoms with van der Waals surface area (Å²) < 4.78 is 8.56. The van der Waals surface area contributed by atoms with Crippen molar-refractivity contribution in [1.29, 1.82) is 0 Å². The third-order valence-corrected chi connectivity index (χ3v) is 6.35. The summed E-state index contributed by atoms with van der Waals surface area (Å²) in [6, 6.07) is 8.12. The zero-order valence-corrected chi connectivity index (χ0v) is 17.6. The highest BCUT2D eigenvalue weighted by molar-refractivity contribution is 6.30. The first-order chi connectivity index (χ1) is 15.0. The van der Waals surface area contributed by atoms with Crippen molar-refractivity contribution in [3.05, 3.63) is 75.8 Å². The molecule has 3 atom stereocenters. The molecule has 1 aliphatic carbocycles. The second-order valence-electron chi connectivity index (χ2n) is 8.01. The second kappa shape index (κ2) is 6.52. The molecule has 31 heavy (non-hydrogen) atoms. The lowest BCUT2D eigenvalue weighted by atomic mass is 10.1. The molecule has 6 rings (SSSR count). The summed E-state index contributed by atoms with van der Waals surface area (Å²) in [6.07, 6.45) is 5.19. The van der Waals surface area contributed by atoms with Crippen molar-refractivity contribution < 1.29 is 4.52 Å². The molecule has 10 heteroatoms. The summed E-state index contributed by atoms with van der Waals surface area (Å²) in [4.78, 5) is 27.8. The van der Waals surface area contributed by atoms with Gasteiger partial charge in [-0.15, -0.1) is 0 Å². The zero-order valence-electron chi connectivity index (χ0n) is 16.8. The van der Waals surface area contributed by atoms with E-state index in [4.69, 9.17) is 16.1 Å². The molecule has 0 radical (unpaired) electrons. The second-order valence-corrected chi connectivity index (χ2v) is 8.45. The van der Waals surface area contributed by atoms with Gasteiger partial charge >= 0.3 is 0 Å². The molecule has 0 unspecified atom stereocenters. The van der Waals surface area contributed by atoms with Crippen molar-refractivity contribution in [3.8, 4) is 0 Å². The molecule has 2 aliphatic rings. The van der Waals surface area contributed by atoms with Gasteiger partial charge < -0.3 is 14.0 Å². The summed E-state index contributed by atoms with van der Waals surface area (Å²) in [5.41, 5.74) is 3.03. The van der Waals surface area contributed by atoms with Crippen LogP contribution < -0.4 is 10.5 Å². The molecule has 1 aliphatic heterocycles. The molecule has 1 aromatic carbocycles. The first-order valence-electron chi connectivity index (χ1n) is 9.95. The van der Waals surface area contributed by atoms with Crippen LogP contribution in [0.15, 0.2) is 58.0 Å². The number of fused-ring (bicyclic) bond motifs is 2. The maximum absolute atomic E-state index is 12.7. The Morgan fingerprint density at radius 1 is 1.23 bits per heavy atom. The molecule has 156 valence electrons. The van der Waals surface area contributed by atoms with E-state index < -0.39 is 0 Å². The Morgan fingerprint density at radius 2 is 2.06 bits per heavy atom. The molecular weight excluding hydrogens is 418 g/mol. The summed E-state index contributed by atoms with van der Waals surface area (Å²) in [5.74, 6) is 1.54. The van der Waals surface area contributed by atoms with Crippen molar-refractivity contribution in [1.82, 2.24) is 29.2 Å². The third-order valence-electron chi connectivity index (χ3n) is 6.12. The molecule has 9 nitrogen and oxygen atoms in total. The van der Waals surface area contributed by atoms with Crippen LogP contribution >= 0.6 is 11.6 Å². The van der Waals surface area contributed by atoms with Crippen LogP contribution in [0.3, 0.4) is 0 Å². The number of rotatable bonds is 4. The van der Waals surface area contributed by atoms with Crippen molar-refractivity contribution in [2.75, 3.05) is 4.90 Å². The monoisotopic (exact) mass is 435 g/mol. The lowest BCUT2D eigenvalue weighted by Gasteiger charge is -2.25. The quantitative estimate of drug-likeness (QED) is 0.486. The average molecular weight is 436 g/mol. The van der Waals surface area contributed by atoms with Gasteiger partial charge in [-0.3, -0.25) is 9.36 Å². The maximum atomic E-state index is 12.7. The zero-order chi connectivity index (χ0) is 21.3. The SMILES string of the molecule is C[C@H]1[C@@H]2C(=CN1c1cccc(Cl)c1)[C@H]2c1noc(Cn2cnc3ncn(C)c3c2=O)n1.